The van der Waals surface area contributed by atoms with Crippen LogP contribution in [0, 0.1) is 5.92 Å². The van der Waals surface area contributed by atoms with E-state index in [0.717, 1.165) is 6.92 Å². The summed E-state index contributed by atoms with van der Waals surface area (Å²) >= 11 is 0. The van der Waals surface area contributed by atoms with Crippen LogP contribution < -0.4 is 10.6 Å². The van der Waals surface area contributed by atoms with Crippen LogP contribution >= 0.6 is 0 Å². The quantitative estimate of drug-likeness (QED) is 0.743. The van der Waals surface area contributed by atoms with Gasteiger partial charge in [-0.25, -0.2) is 4.79 Å². The summed E-state index contributed by atoms with van der Waals surface area (Å²) in [7, 11) is 0. The van der Waals surface area contributed by atoms with Gasteiger partial charge in [-0.2, -0.15) is 13.2 Å². The molecule has 1 saturated heterocycles. The average Bonchev–Trinajstić information content (AvgIpc) is 2.41. The number of imide groups is 1. The molecule has 4 amide bonds. The maximum Gasteiger partial charge on any atom is 0.440 e. The molecule has 0 aromatic carbocycles. The fraction of sp³-hybridized carbons (Fsp3) is 0.700. The van der Waals surface area contributed by atoms with E-state index in [1.54, 1.807) is 13.8 Å². The minimum atomic E-state index is -5.13. The summed E-state index contributed by atoms with van der Waals surface area (Å²) in [6, 6.07) is -1.18. The fourth-order valence-corrected chi connectivity index (χ4v) is 1.72. The highest BCUT2D eigenvalue weighted by molar-refractivity contribution is 6.08. The maximum absolute atomic E-state index is 13.0. The molecule has 0 saturated carbocycles. The number of urea groups is 1. The molecule has 9 heteroatoms. The predicted octanol–water partition coefficient (Wildman–Crippen LogP) is 0.589. The molecule has 6 nitrogen and oxygen atoms in total. The van der Waals surface area contributed by atoms with Crippen molar-refractivity contribution in [2.75, 3.05) is 6.54 Å². The lowest BCUT2D eigenvalue weighted by molar-refractivity contribution is -0.204. The smallest absolute Gasteiger partial charge is 0.318 e. The van der Waals surface area contributed by atoms with Gasteiger partial charge in [0.15, 0.2) is 0 Å². The molecule has 0 bridgehead atoms. The molecule has 0 aromatic rings. The fourth-order valence-electron chi connectivity index (χ4n) is 1.72. The van der Waals surface area contributed by atoms with E-state index >= 15 is 0 Å². The van der Waals surface area contributed by atoms with E-state index in [1.807, 2.05) is 0 Å². The van der Waals surface area contributed by atoms with Crippen LogP contribution in [0.2, 0.25) is 0 Å². The molecule has 108 valence electrons. The number of halogens is 3. The van der Waals surface area contributed by atoms with Crippen molar-refractivity contribution in [1.29, 1.82) is 0 Å². The second-order valence-electron chi connectivity index (χ2n) is 4.67. The summed E-state index contributed by atoms with van der Waals surface area (Å²) in [4.78, 5) is 34.7. The Morgan fingerprint density at radius 2 is 1.95 bits per heavy atom. The zero-order valence-corrected chi connectivity index (χ0v) is 10.6. The first-order valence-corrected chi connectivity index (χ1v) is 5.51. The molecule has 1 fully saturated rings. The second kappa shape index (κ2) is 4.71. The van der Waals surface area contributed by atoms with E-state index in [1.165, 1.54) is 10.6 Å². The van der Waals surface area contributed by atoms with Gasteiger partial charge in [-0.3, -0.25) is 19.8 Å². The van der Waals surface area contributed by atoms with Crippen LogP contribution in [0.4, 0.5) is 18.0 Å². The van der Waals surface area contributed by atoms with Crippen molar-refractivity contribution in [3.63, 3.8) is 0 Å². The Hall–Kier alpha value is -1.80. The molecule has 0 aliphatic carbocycles. The Kier molecular flexibility index (Phi) is 3.78. The first-order valence-electron chi connectivity index (χ1n) is 5.51. The molecular formula is C10H14F3N3O3. The highest BCUT2D eigenvalue weighted by Crippen LogP contribution is 2.33. The number of carbonyl (C=O) groups is 3. The first kappa shape index (κ1) is 15.3. The van der Waals surface area contributed by atoms with Crippen molar-refractivity contribution in [2.45, 2.75) is 32.6 Å². The van der Waals surface area contributed by atoms with Gasteiger partial charge in [0.25, 0.3) is 11.6 Å². The van der Waals surface area contributed by atoms with Gasteiger partial charge in [0.2, 0.25) is 5.91 Å². The molecule has 0 radical (unpaired) electrons. The average molecular weight is 281 g/mol. The highest BCUT2D eigenvalue weighted by Gasteiger charge is 2.68. The van der Waals surface area contributed by atoms with Crippen LogP contribution in [0.15, 0.2) is 0 Å². The Labute approximate surface area is 107 Å². The number of alkyl halides is 3. The van der Waals surface area contributed by atoms with Gasteiger partial charge >= 0.3 is 12.2 Å². The van der Waals surface area contributed by atoms with Crippen LogP contribution in [0.5, 0.6) is 0 Å². The van der Waals surface area contributed by atoms with Crippen molar-refractivity contribution < 1.29 is 27.6 Å². The van der Waals surface area contributed by atoms with Gasteiger partial charge in [-0.1, -0.05) is 13.8 Å². The minimum Gasteiger partial charge on any atom is -0.318 e. The third-order valence-corrected chi connectivity index (χ3v) is 2.44. The topological polar surface area (TPSA) is 78.5 Å². The van der Waals surface area contributed by atoms with Crippen LogP contribution in [-0.2, 0) is 9.59 Å². The van der Waals surface area contributed by atoms with Crippen LogP contribution in [0.3, 0.4) is 0 Å². The lowest BCUT2D eigenvalue weighted by Gasteiger charge is -2.29. The summed E-state index contributed by atoms with van der Waals surface area (Å²) in [6.07, 6.45) is -5.13. The largest absolute Gasteiger partial charge is 0.440 e. The summed E-state index contributed by atoms with van der Waals surface area (Å²) in [5, 5.41) is 3.02. The monoisotopic (exact) mass is 281 g/mol. The lowest BCUT2D eigenvalue weighted by Crippen LogP contribution is -2.69. The number of nitrogens with zero attached hydrogens (tertiary/aromatic N) is 1. The number of hydrogen-bond donors (Lipinski definition) is 2. The molecule has 0 spiro atoms. The number of amides is 4. The molecular weight excluding hydrogens is 267 g/mol. The molecule has 19 heavy (non-hydrogen) atoms. The van der Waals surface area contributed by atoms with E-state index < -0.39 is 29.7 Å². The third kappa shape index (κ3) is 2.64. The third-order valence-electron chi connectivity index (χ3n) is 2.44. The normalized spacial score (nSPS) is 23.8. The zero-order valence-electron chi connectivity index (χ0n) is 10.6. The Morgan fingerprint density at radius 3 is 2.32 bits per heavy atom. The van der Waals surface area contributed by atoms with Gasteiger partial charge in [-0.05, 0) is 5.92 Å². The number of carbonyl (C=O) groups excluding carboxylic acids is 3. The van der Waals surface area contributed by atoms with E-state index in [4.69, 9.17) is 0 Å². The summed E-state index contributed by atoms with van der Waals surface area (Å²) in [5.41, 5.74) is -3.37. The molecule has 0 unspecified atom stereocenters. The Morgan fingerprint density at radius 1 is 1.42 bits per heavy atom. The van der Waals surface area contributed by atoms with Gasteiger partial charge in [0, 0.05) is 13.5 Å². The Balaban J connectivity index is 3.18. The van der Waals surface area contributed by atoms with E-state index in [2.05, 4.69) is 0 Å². The zero-order chi connectivity index (χ0) is 15.0. The van der Waals surface area contributed by atoms with E-state index in [0.29, 0.717) is 4.90 Å². The van der Waals surface area contributed by atoms with Gasteiger partial charge in [0.05, 0.1) is 0 Å². The number of rotatable bonds is 3. The standard InChI is InChI=1S/C10H14F3N3O3/c1-5(2)4-16-7(18)9(10(11,12)13,14-6(3)17)15-8(16)19/h5H,4H2,1-3H3,(H,14,17)(H,15,19)/t9-/m0/s1. The number of nitrogens with one attached hydrogen (secondary N) is 2. The van der Waals surface area contributed by atoms with Gasteiger partial charge in [0.1, 0.15) is 0 Å². The minimum absolute atomic E-state index is 0.165. The maximum atomic E-state index is 13.0. The van der Waals surface area contributed by atoms with Crippen molar-refractivity contribution in [2.24, 2.45) is 5.92 Å². The van der Waals surface area contributed by atoms with E-state index in [-0.39, 0.29) is 12.5 Å². The molecule has 1 rings (SSSR count). The van der Waals surface area contributed by atoms with Crippen molar-refractivity contribution in [1.82, 2.24) is 15.5 Å². The molecule has 0 aromatic heterocycles. The first-order chi connectivity index (χ1) is 8.51. The van der Waals surface area contributed by atoms with Crippen LogP contribution in [0.25, 0.3) is 0 Å². The predicted molar refractivity (Wildman–Crippen MR) is 57.7 cm³/mol. The van der Waals surface area contributed by atoms with Crippen molar-refractivity contribution in [3.8, 4) is 0 Å². The van der Waals surface area contributed by atoms with E-state index in [9.17, 15) is 27.6 Å². The summed E-state index contributed by atoms with van der Waals surface area (Å²) in [6.45, 7) is 3.96. The highest BCUT2D eigenvalue weighted by atomic mass is 19.4. The van der Waals surface area contributed by atoms with Crippen LogP contribution in [0.1, 0.15) is 20.8 Å². The molecule has 1 heterocycles. The van der Waals surface area contributed by atoms with Crippen molar-refractivity contribution in [3.05, 3.63) is 0 Å². The summed E-state index contributed by atoms with van der Waals surface area (Å²) < 4.78 is 39.1. The molecule has 1 aliphatic heterocycles. The van der Waals surface area contributed by atoms with Crippen LogP contribution in [-0.4, -0.2) is 41.1 Å². The van der Waals surface area contributed by atoms with Gasteiger partial charge < -0.3 is 5.32 Å². The molecule has 1 aliphatic rings. The number of hydrogen-bond acceptors (Lipinski definition) is 3. The SMILES string of the molecule is CC(=O)N[C@]1(C(F)(F)F)NC(=O)N(CC(C)C)C1=O. The van der Waals surface area contributed by atoms with Crippen molar-refractivity contribution >= 4 is 17.8 Å². The molecule has 1 atom stereocenters. The molecule has 2 N–H and O–H groups in total. The second-order valence-corrected chi connectivity index (χ2v) is 4.67. The summed E-state index contributed by atoms with van der Waals surface area (Å²) in [5.74, 6) is -2.79. The Bertz CT molecular complexity index is 422. The lowest BCUT2D eigenvalue weighted by atomic mass is 10.1. The van der Waals surface area contributed by atoms with Gasteiger partial charge in [-0.15, -0.1) is 0 Å².